The van der Waals surface area contributed by atoms with Gasteiger partial charge < -0.3 is 5.32 Å². The number of nitrogens with zero attached hydrogens (tertiary/aromatic N) is 1. The van der Waals surface area contributed by atoms with Gasteiger partial charge in [-0.3, -0.25) is 4.98 Å². The van der Waals surface area contributed by atoms with E-state index in [2.05, 4.69) is 16.4 Å². The molecule has 1 N–H and O–H groups in total. The van der Waals surface area contributed by atoms with Crippen molar-refractivity contribution in [1.82, 2.24) is 10.3 Å². The fourth-order valence-corrected chi connectivity index (χ4v) is 1.37. The molecule has 1 rings (SSSR count). The Morgan fingerprint density at radius 1 is 1.53 bits per heavy atom. The van der Waals surface area contributed by atoms with Crippen molar-refractivity contribution in [3.63, 3.8) is 0 Å². The molecule has 1 aromatic heterocycles. The first-order chi connectivity index (χ1) is 7.13. The van der Waals surface area contributed by atoms with Crippen LogP contribution in [0.5, 0.6) is 0 Å². The van der Waals surface area contributed by atoms with Crippen LogP contribution in [0.25, 0.3) is 0 Å². The number of nitrogens with one attached hydrogen (secondary N) is 1. The van der Waals surface area contributed by atoms with Gasteiger partial charge in [0.25, 0.3) is 0 Å². The second kappa shape index (κ2) is 5.61. The van der Waals surface area contributed by atoms with Crippen LogP contribution in [0.15, 0.2) is 30.0 Å². The Bertz CT molecular complexity index is 326. The minimum absolute atomic E-state index is 0.0700. The van der Waals surface area contributed by atoms with Gasteiger partial charge in [-0.25, -0.2) is 4.39 Å². The molecular weight excluding hydrogens is 191 g/mol. The summed E-state index contributed by atoms with van der Waals surface area (Å²) in [5.74, 6) is -0.300. The van der Waals surface area contributed by atoms with Crippen LogP contribution in [0, 0.1) is 5.82 Å². The summed E-state index contributed by atoms with van der Waals surface area (Å²) in [5, 5.41) is 3.29. The van der Waals surface area contributed by atoms with Crippen molar-refractivity contribution in [2.75, 3.05) is 6.54 Å². The topological polar surface area (TPSA) is 24.9 Å². The number of hydrogen-bond donors (Lipinski definition) is 1. The van der Waals surface area contributed by atoms with Crippen LogP contribution >= 0.6 is 0 Å². The number of rotatable bonds is 4. The van der Waals surface area contributed by atoms with E-state index in [0.717, 1.165) is 12.2 Å². The van der Waals surface area contributed by atoms with Crippen LogP contribution in [0.2, 0.25) is 0 Å². The molecule has 1 atom stereocenters. The maximum atomic E-state index is 12.7. The monoisotopic (exact) mass is 208 g/mol. The predicted octanol–water partition coefficient (Wildman–Crippen LogP) is 2.84. The van der Waals surface area contributed by atoms with Gasteiger partial charge >= 0.3 is 0 Å². The Kier molecular flexibility index (Phi) is 4.43. The lowest BCUT2D eigenvalue weighted by atomic mass is 10.1. The molecular formula is C12H17FN2. The Morgan fingerprint density at radius 3 is 2.73 bits per heavy atom. The molecule has 0 aromatic carbocycles. The summed E-state index contributed by atoms with van der Waals surface area (Å²) in [7, 11) is 0. The van der Waals surface area contributed by atoms with Gasteiger partial charge in [-0.05, 0) is 32.5 Å². The molecule has 1 aromatic rings. The lowest BCUT2D eigenvalue weighted by Crippen LogP contribution is -2.20. The average Bonchev–Trinajstić information content (AvgIpc) is 2.17. The van der Waals surface area contributed by atoms with Crippen LogP contribution < -0.4 is 5.32 Å². The van der Waals surface area contributed by atoms with Crippen LogP contribution in [-0.2, 0) is 0 Å². The van der Waals surface area contributed by atoms with Gasteiger partial charge in [-0.15, -0.1) is 0 Å². The highest BCUT2D eigenvalue weighted by Crippen LogP contribution is 2.13. The molecule has 0 amide bonds. The lowest BCUT2D eigenvalue weighted by Gasteiger charge is -2.13. The highest BCUT2D eigenvalue weighted by molar-refractivity contribution is 5.17. The number of hydrogen-bond acceptors (Lipinski definition) is 2. The molecule has 0 aliphatic heterocycles. The quantitative estimate of drug-likeness (QED) is 0.770. The summed E-state index contributed by atoms with van der Waals surface area (Å²) in [4.78, 5) is 4.07. The zero-order valence-corrected chi connectivity index (χ0v) is 9.42. The first-order valence-corrected chi connectivity index (χ1v) is 5.13. The van der Waals surface area contributed by atoms with Crippen molar-refractivity contribution in [2.45, 2.75) is 26.8 Å². The van der Waals surface area contributed by atoms with Gasteiger partial charge in [0.2, 0.25) is 0 Å². The third-order valence-electron chi connectivity index (χ3n) is 1.99. The summed E-state index contributed by atoms with van der Waals surface area (Å²) in [5.41, 5.74) is 2.06. The van der Waals surface area contributed by atoms with E-state index in [9.17, 15) is 4.39 Å². The van der Waals surface area contributed by atoms with Gasteiger partial charge in [0.1, 0.15) is 5.82 Å². The number of pyridine rings is 1. The molecule has 0 spiro atoms. The molecule has 0 saturated carbocycles. The van der Waals surface area contributed by atoms with E-state index in [4.69, 9.17) is 0 Å². The van der Waals surface area contributed by atoms with Crippen molar-refractivity contribution in [3.8, 4) is 0 Å². The summed E-state index contributed by atoms with van der Waals surface area (Å²) in [6, 6.07) is 3.22. The molecule has 0 aliphatic carbocycles. The zero-order valence-electron chi connectivity index (χ0n) is 9.42. The van der Waals surface area contributed by atoms with Crippen LogP contribution in [0.4, 0.5) is 4.39 Å². The Labute approximate surface area is 90.2 Å². The van der Waals surface area contributed by atoms with E-state index in [1.54, 1.807) is 6.07 Å². The molecule has 0 bridgehead atoms. The molecule has 0 saturated heterocycles. The minimum Gasteiger partial charge on any atom is -0.306 e. The van der Waals surface area contributed by atoms with Crippen LogP contribution in [0.3, 0.4) is 0 Å². The average molecular weight is 208 g/mol. The molecule has 82 valence electrons. The van der Waals surface area contributed by atoms with Gasteiger partial charge in [0.05, 0.1) is 17.9 Å². The molecule has 0 aliphatic rings. The summed E-state index contributed by atoms with van der Waals surface area (Å²) >= 11 is 0. The van der Waals surface area contributed by atoms with Crippen molar-refractivity contribution in [1.29, 1.82) is 0 Å². The SMILES string of the molecule is CCNC(C=C(C)C)c1ccc(F)cn1. The molecule has 1 heterocycles. The first-order valence-electron chi connectivity index (χ1n) is 5.13. The molecule has 2 nitrogen and oxygen atoms in total. The number of likely N-dealkylation sites (N-methyl/N-ethyl adjacent to an activating group) is 1. The fraction of sp³-hybridized carbons (Fsp3) is 0.417. The first kappa shape index (κ1) is 11.9. The molecule has 1 unspecified atom stereocenters. The van der Waals surface area contributed by atoms with Crippen molar-refractivity contribution in [3.05, 3.63) is 41.5 Å². The van der Waals surface area contributed by atoms with E-state index in [1.807, 2.05) is 20.8 Å². The summed E-state index contributed by atoms with van der Waals surface area (Å²) < 4.78 is 12.7. The standard InChI is InChI=1S/C12H17FN2/c1-4-14-12(7-9(2)3)11-6-5-10(13)8-15-11/h5-8,12,14H,4H2,1-3H3. The Morgan fingerprint density at radius 2 is 2.27 bits per heavy atom. The number of allylic oxidation sites excluding steroid dienone is 1. The van der Waals surface area contributed by atoms with Crippen LogP contribution in [-0.4, -0.2) is 11.5 Å². The lowest BCUT2D eigenvalue weighted by molar-refractivity contribution is 0.601. The van der Waals surface area contributed by atoms with E-state index in [-0.39, 0.29) is 11.9 Å². The predicted molar refractivity (Wildman–Crippen MR) is 60.0 cm³/mol. The highest BCUT2D eigenvalue weighted by Gasteiger charge is 2.07. The number of aromatic nitrogens is 1. The van der Waals surface area contributed by atoms with Crippen molar-refractivity contribution >= 4 is 0 Å². The van der Waals surface area contributed by atoms with Gasteiger partial charge in [0, 0.05) is 0 Å². The number of halogens is 1. The van der Waals surface area contributed by atoms with Crippen LogP contribution in [0.1, 0.15) is 32.5 Å². The van der Waals surface area contributed by atoms with Gasteiger partial charge in [-0.1, -0.05) is 18.6 Å². The third kappa shape index (κ3) is 3.80. The molecule has 15 heavy (non-hydrogen) atoms. The van der Waals surface area contributed by atoms with Crippen molar-refractivity contribution < 1.29 is 4.39 Å². The Balaban J connectivity index is 2.88. The largest absolute Gasteiger partial charge is 0.306 e. The summed E-state index contributed by atoms with van der Waals surface area (Å²) in [6.07, 6.45) is 3.34. The third-order valence-corrected chi connectivity index (χ3v) is 1.99. The normalized spacial score (nSPS) is 12.3. The van der Waals surface area contributed by atoms with E-state index in [0.29, 0.717) is 0 Å². The van der Waals surface area contributed by atoms with Gasteiger partial charge in [-0.2, -0.15) is 0 Å². The maximum Gasteiger partial charge on any atom is 0.141 e. The zero-order chi connectivity index (χ0) is 11.3. The molecule has 0 radical (unpaired) electrons. The second-order valence-electron chi connectivity index (χ2n) is 3.68. The highest BCUT2D eigenvalue weighted by atomic mass is 19.1. The van der Waals surface area contributed by atoms with E-state index < -0.39 is 0 Å². The second-order valence-corrected chi connectivity index (χ2v) is 3.68. The van der Waals surface area contributed by atoms with Gasteiger partial charge in [0.15, 0.2) is 0 Å². The van der Waals surface area contributed by atoms with E-state index >= 15 is 0 Å². The smallest absolute Gasteiger partial charge is 0.141 e. The maximum absolute atomic E-state index is 12.7. The Hall–Kier alpha value is -1.22. The molecule has 3 heteroatoms. The van der Waals surface area contributed by atoms with Crippen molar-refractivity contribution in [2.24, 2.45) is 0 Å². The molecule has 0 fully saturated rings. The summed E-state index contributed by atoms with van der Waals surface area (Å²) in [6.45, 7) is 6.96. The fourth-order valence-electron chi connectivity index (χ4n) is 1.37. The van der Waals surface area contributed by atoms with E-state index in [1.165, 1.54) is 17.8 Å². The minimum atomic E-state index is -0.300.